The molecule has 14 heavy (non-hydrogen) atoms. The fourth-order valence-corrected chi connectivity index (χ4v) is 2.65. The van der Waals surface area contributed by atoms with Gasteiger partial charge in [0.15, 0.2) is 0 Å². The maximum atomic E-state index is 11.9. The molecule has 0 spiro atoms. The van der Waals surface area contributed by atoms with Crippen LogP contribution in [0.5, 0.6) is 0 Å². The first-order chi connectivity index (χ1) is 6.68. The number of carbonyl (C=O) groups is 1. The number of halogens is 1. The average molecular weight is 258 g/mol. The number of likely N-dealkylation sites (tertiary alicyclic amines) is 1. The molecule has 1 amide bonds. The van der Waals surface area contributed by atoms with Crippen LogP contribution >= 0.6 is 15.9 Å². The Kier molecular flexibility index (Phi) is 2.63. The van der Waals surface area contributed by atoms with E-state index in [9.17, 15) is 4.79 Å². The van der Waals surface area contributed by atoms with Crippen molar-refractivity contribution in [1.82, 2.24) is 4.90 Å². The second-order valence-corrected chi connectivity index (χ2v) is 4.95. The number of alkyl halides is 1. The monoisotopic (exact) mass is 257 g/mol. The van der Waals surface area contributed by atoms with Crippen LogP contribution in [0.1, 0.15) is 23.7 Å². The van der Waals surface area contributed by atoms with Crippen molar-refractivity contribution in [2.45, 2.75) is 24.2 Å². The fraction of sp³-hybridized carbons (Fsp3) is 0.500. The summed E-state index contributed by atoms with van der Waals surface area (Å²) in [7, 11) is 0. The van der Waals surface area contributed by atoms with Crippen molar-refractivity contribution in [1.29, 1.82) is 0 Å². The molecule has 1 aliphatic rings. The molecule has 0 radical (unpaired) electrons. The van der Waals surface area contributed by atoms with Gasteiger partial charge in [0.2, 0.25) is 0 Å². The van der Waals surface area contributed by atoms with Crippen molar-refractivity contribution in [3.05, 3.63) is 24.2 Å². The number of hydrogen-bond donors (Lipinski definition) is 0. The van der Waals surface area contributed by atoms with E-state index >= 15 is 0 Å². The van der Waals surface area contributed by atoms with Crippen LogP contribution in [0.15, 0.2) is 23.0 Å². The second-order valence-electron chi connectivity index (χ2n) is 3.65. The second kappa shape index (κ2) is 3.77. The van der Waals surface area contributed by atoms with Gasteiger partial charge in [0.05, 0.1) is 11.8 Å². The van der Waals surface area contributed by atoms with E-state index in [1.165, 1.54) is 12.5 Å². The molecule has 1 fully saturated rings. The Bertz CT molecular complexity index is 323. The van der Waals surface area contributed by atoms with Gasteiger partial charge in [-0.3, -0.25) is 4.79 Å². The highest BCUT2D eigenvalue weighted by atomic mass is 79.9. The van der Waals surface area contributed by atoms with Crippen LogP contribution in [0.4, 0.5) is 0 Å². The molecule has 4 heteroatoms. The molecule has 0 N–H and O–H groups in total. The smallest absolute Gasteiger partial charge is 0.257 e. The minimum absolute atomic E-state index is 0.0631. The minimum atomic E-state index is 0.0631. The molecule has 2 atom stereocenters. The van der Waals surface area contributed by atoms with Crippen molar-refractivity contribution in [3.8, 4) is 0 Å². The molecule has 1 aromatic rings. The summed E-state index contributed by atoms with van der Waals surface area (Å²) in [5, 5.41) is 0. The van der Waals surface area contributed by atoms with Gasteiger partial charge in [0.25, 0.3) is 5.91 Å². The van der Waals surface area contributed by atoms with Crippen LogP contribution in [0.2, 0.25) is 0 Å². The van der Waals surface area contributed by atoms with Gasteiger partial charge in [-0.05, 0) is 19.4 Å². The highest BCUT2D eigenvalue weighted by Gasteiger charge is 2.31. The van der Waals surface area contributed by atoms with Crippen molar-refractivity contribution in [2.24, 2.45) is 0 Å². The first-order valence-electron chi connectivity index (χ1n) is 4.65. The van der Waals surface area contributed by atoms with Gasteiger partial charge in [-0.25, -0.2) is 0 Å². The number of hydrogen-bond acceptors (Lipinski definition) is 2. The van der Waals surface area contributed by atoms with E-state index in [-0.39, 0.29) is 5.91 Å². The van der Waals surface area contributed by atoms with E-state index in [0.717, 1.165) is 13.0 Å². The Balaban J connectivity index is 2.13. The summed E-state index contributed by atoms with van der Waals surface area (Å²) in [6.45, 7) is 2.85. The van der Waals surface area contributed by atoms with E-state index in [4.69, 9.17) is 4.42 Å². The Morgan fingerprint density at radius 2 is 2.50 bits per heavy atom. The van der Waals surface area contributed by atoms with Gasteiger partial charge in [0, 0.05) is 17.4 Å². The van der Waals surface area contributed by atoms with Crippen molar-refractivity contribution in [2.75, 3.05) is 6.54 Å². The molecule has 1 aromatic heterocycles. The lowest BCUT2D eigenvalue weighted by Crippen LogP contribution is -2.33. The summed E-state index contributed by atoms with van der Waals surface area (Å²) in [6.07, 6.45) is 4.04. The van der Waals surface area contributed by atoms with Gasteiger partial charge < -0.3 is 9.32 Å². The zero-order valence-corrected chi connectivity index (χ0v) is 9.53. The Morgan fingerprint density at radius 3 is 3.00 bits per heavy atom. The van der Waals surface area contributed by atoms with Crippen LogP contribution < -0.4 is 0 Å². The lowest BCUT2D eigenvalue weighted by Gasteiger charge is -2.20. The molecule has 2 rings (SSSR count). The first kappa shape index (κ1) is 9.77. The lowest BCUT2D eigenvalue weighted by atomic mass is 10.2. The predicted molar refractivity (Wildman–Crippen MR) is 56.5 cm³/mol. The van der Waals surface area contributed by atoms with E-state index in [1.54, 1.807) is 6.07 Å². The minimum Gasteiger partial charge on any atom is -0.472 e. The van der Waals surface area contributed by atoms with E-state index in [2.05, 4.69) is 22.9 Å². The van der Waals surface area contributed by atoms with Gasteiger partial charge in [-0.15, -0.1) is 0 Å². The van der Waals surface area contributed by atoms with Gasteiger partial charge >= 0.3 is 0 Å². The standard InChI is InChI=1S/C10H12BrNO2/c1-7-4-9(11)5-12(7)10(13)8-2-3-14-6-8/h2-3,6-7,9H,4-5H2,1H3. The van der Waals surface area contributed by atoms with Crippen LogP contribution in [-0.4, -0.2) is 28.2 Å². The number of nitrogens with zero attached hydrogens (tertiary/aromatic N) is 1. The van der Waals surface area contributed by atoms with Crippen LogP contribution in [0, 0.1) is 0 Å². The molecule has 76 valence electrons. The third-order valence-corrected chi connectivity index (χ3v) is 3.22. The lowest BCUT2D eigenvalue weighted by molar-refractivity contribution is 0.0747. The average Bonchev–Trinajstić information content (AvgIpc) is 2.73. The van der Waals surface area contributed by atoms with E-state index < -0.39 is 0 Å². The largest absolute Gasteiger partial charge is 0.472 e. The normalized spacial score (nSPS) is 26.9. The topological polar surface area (TPSA) is 33.5 Å². The maximum Gasteiger partial charge on any atom is 0.257 e. The molecule has 0 saturated carbocycles. The third-order valence-electron chi connectivity index (χ3n) is 2.55. The Hall–Kier alpha value is -0.770. The number of rotatable bonds is 1. The zero-order valence-electron chi connectivity index (χ0n) is 7.94. The van der Waals surface area contributed by atoms with Crippen LogP contribution in [-0.2, 0) is 0 Å². The van der Waals surface area contributed by atoms with Gasteiger partial charge in [0.1, 0.15) is 6.26 Å². The molecule has 1 aliphatic heterocycles. The highest BCUT2D eigenvalue weighted by molar-refractivity contribution is 9.09. The number of carbonyl (C=O) groups excluding carboxylic acids is 1. The molecule has 2 heterocycles. The fourth-order valence-electron chi connectivity index (χ4n) is 1.80. The number of furan rings is 1. The zero-order chi connectivity index (χ0) is 10.1. The molecular formula is C10H12BrNO2. The van der Waals surface area contributed by atoms with Gasteiger partial charge in [-0.2, -0.15) is 0 Å². The van der Waals surface area contributed by atoms with Crippen LogP contribution in [0.3, 0.4) is 0 Å². The van der Waals surface area contributed by atoms with E-state index in [1.807, 2.05) is 4.90 Å². The Morgan fingerprint density at radius 1 is 1.71 bits per heavy atom. The highest BCUT2D eigenvalue weighted by Crippen LogP contribution is 2.24. The molecule has 0 aromatic carbocycles. The van der Waals surface area contributed by atoms with Crippen molar-refractivity contribution >= 4 is 21.8 Å². The molecule has 0 bridgehead atoms. The Labute approximate surface area is 91.2 Å². The van der Waals surface area contributed by atoms with Crippen molar-refractivity contribution < 1.29 is 9.21 Å². The SMILES string of the molecule is CC1CC(Br)CN1C(=O)c1ccoc1. The first-order valence-corrected chi connectivity index (χ1v) is 5.57. The quantitative estimate of drug-likeness (QED) is 0.724. The van der Waals surface area contributed by atoms with Gasteiger partial charge in [-0.1, -0.05) is 15.9 Å². The molecule has 1 saturated heterocycles. The summed E-state index contributed by atoms with van der Waals surface area (Å²) >= 11 is 3.53. The molecule has 3 nitrogen and oxygen atoms in total. The summed E-state index contributed by atoms with van der Waals surface area (Å²) in [5.74, 6) is 0.0631. The molecule has 0 aliphatic carbocycles. The number of amides is 1. The maximum absolute atomic E-state index is 11.9. The summed E-state index contributed by atoms with van der Waals surface area (Å²) in [4.78, 5) is 14.2. The molecular weight excluding hydrogens is 246 g/mol. The summed E-state index contributed by atoms with van der Waals surface area (Å²) in [6, 6.07) is 2.01. The predicted octanol–water partition coefficient (Wildman–Crippen LogP) is 2.28. The van der Waals surface area contributed by atoms with Crippen LogP contribution in [0.25, 0.3) is 0 Å². The summed E-state index contributed by atoms with van der Waals surface area (Å²) in [5.41, 5.74) is 0.637. The van der Waals surface area contributed by atoms with Crippen molar-refractivity contribution in [3.63, 3.8) is 0 Å². The van der Waals surface area contributed by atoms with E-state index in [0.29, 0.717) is 16.4 Å². The third kappa shape index (κ3) is 1.71. The summed E-state index contributed by atoms with van der Waals surface area (Å²) < 4.78 is 4.90. The molecule has 2 unspecified atom stereocenters.